The van der Waals surface area contributed by atoms with Crippen molar-refractivity contribution in [2.24, 2.45) is 11.8 Å². The summed E-state index contributed by atoms with van der Waals surface area (Å²) in [6.45, 7) is 3.15. The standard InChI is InChI=1S/C12H13FN2S/c1-7-4-8(7)6-15-11-5-9(13)2-3-10(11)14-12(15)16/h2-3,5,7-8H,4,6H2,1H3,(H,14,16). The molecule has 2 nitrogen and oxygen atoms in total. The molecule has 0 bridgehead atoms. The maximum absolute atomic E-state index is 13.2. The van der Waals surface area contributed by atoms with Crippen molar-refractivity contribution in [2.45, 2.75) is 19.9 Å². The second kappa shape index (κ2) is 3.42. The molecule has 1 saturated carbocycles. The molecule has 1 fully saturated rings. The van der Waals surface area contributed by atoms with E-state index in [4.69, 9.17) is 12.2 Å². The van der Waals surface area contributed by atoms with Gasteiger partial charge in [-0.1, -0.05) is 6.92 Å². The Bertz CT molecular complexity index is 599. The molecule has 0 aliphatic heterocycles. The summed E-state index contributed by atoms with van der Waals surface area (Å²) >= 11 is 5.27. The number of nitrogens with one attached hydrogen (secondary N) is 1. The summed E-state index contributed by atoms with van der Waals surface area (Å²) in [6, 6.07) is 4.75. The number of halogens is 1. The third-order valence-corrected chi connectivity index (χ3v) is 3.75. The van der Waals surface area contributed by atoms with Gasteiger partial charge in [-0.05, 0) is 48.7 Å². The molecule has 1 aromatic carbocycles. The number of hydrogen-bond acceptors (Lipinski definition) is 1. The van der Waals surface area contributed by atoms with Crippen LogP contribution in [0.25, 0.3) is 11.0 Å². The lowest BCUT2D eigenvalue weighted by atomic mass is 10.3. The monoisotopic (exact) mass is 236 g/mol. The first-order valence-corrected chi connectivity index (χ1v) is 5.94. The van der Waals surface area contributed by atoms with Crippen LogP contribution in [0.3, 0.4) is 0 Å². The van der Waals surface area contributed by atoms with Crippen LogP contribution in [0, 0.1) is 22.4 Å². The Hall–Kier alpha value is -1.16. The first-order chi connectivity index (χ1) is 7.65. The van der Waals surface area contributed by atoms with Gasteiger partial charge in [-0.3, -0.25) is 0 Å². The van der Waals surface area contributed by atoms with E-state index in [1.807, 2.05) is 4.57 Å². The zero-order valence-corrected chi connectivity index (χ0v) is 9.85. The number of H-pyrrole nitrogens is 1. The van der Waals surface area contributed by atoms with Crippen molar-refractivity contribution in [3.05, 3.63) is 28.8 Å². The number of aromatic nitrogens is 2. The molecule has 2 aromatic rings. The lowest BCUT2D eigenvalue weighted by Gasteiger charge is -2.02. The van der Waals surface area contributed by atoms with Gasteiger partial charge in [-0.15, -0.1) is 0 Å². The number of benzene rings is 1. The lowest BCUT2D eigenvalue weighted by Crippen LogP contribution is -2.00. The SMILES string of the molecule is CC1CC1Cn1c(=S)[nH]c2ccc(F)cc21. The van der Waals surface area contributed by atoms with E-state index in [2.05, 4.69) is 11.9 Å². The fraction of sp³-hybridized carbons (Fsp3) is 0.417. The molecule has 3 rings (SSSR count). The van der Waals surface area contributed by atoms with Gasteiger partial charge in [0.2, 0.25) is 0 Å². The second-order valence-corrected chi connectivity index (χ2v) is 5.06. The van der Waals surface area contributed by atoms with Crippen LogP contribution < -0.4 is 0 Å². The van der Waals surface area contributed by atoms with Crippen molar-refractivity contribution in [3.63, 3.8) is 0 Å². The molecule has 1 heterocycles. The van der Waals surface area contributed by atoms with Crippen LogP contribution in [-0.4, -0.2) is 9.55 Å². The summed E-state index contributed by atoms with van der Waals surface area (Å²) in [4.78, 5) is 3.11. The lowest BCUT2D eigenvalue weighted by molar-refractivity contribution is 0.596. The van der Waals surface area contributed by atoms with Crippen molar-refractivity contribution >= 4 is 23.3 Å². The van der Waals surface area contributed by atoms with Crippen molar-refractivity contribution in [2.75, 3.05) is 0 Å². The normalized spacial score (nSPS) is 23.9. The molecule has 84 valence electrons. The highest BCUT2D eigenvalue weighted by molar-refractivity contribution is 7.71. The average Bonchev–Trinajstić information content (AvgIpc) is 2.84. The molecule has 0 spiro atoms. The third-order valence-electron chi connectivity index (χ3n) is 3.43. The van der Waals surface area contributed by atoms with Gasteiger partial charge in [0.15, 0.2) is 4.77 Å². The van der Waals surface area contributed by atoms with E-state index >= 15 is 0 Å². The first-order valence-electron chi connectivity index (χ1n) is 5.53. The van der Waals surface area contributed by atoms with Gasteiger partial charge in [-0.2, -0.15) is 0 Å². The zero-order valence-electron chi connectivity index (χ0n) is 9.03. The van der Waals surface area contributed by atoms with E-state index in [1.165, 1.54) is 12.5 Å². The summed E-state index contributed by atoms with van der Waals surface area (Å²) in [5, 5.41) is 0. The van der Waals surface area contributed by atoms with Gasteiger partial charge in [0.1, 0.15) is 5.82 Å². The summed E-state index contributed by atoms with van der Waals surface area (Å²) in [7, 11) is 0. The Balaban J connectivity index is 2.10. The van der Waals surface area contributed by atoms with E-state index in [0.29, 0.717) is 10.7 Å². The third kappa shape index (κ3) is 1.57. The van der Waals surface area contributed by atoms with E-state index in [-0.39, 0.29) is 5.82 Å². The number of hydrogen-bond donors (Lipinski definition) is 1. The maximum atomic E-state index is 13.2. The highest BCUT2D eigenvalue weighted by Crippen LogP contribution is 2.39. The topological polar surface area (TPSA) is 20.7 Å². The number of rotatable bonds is 2. The average molecular weight is 236 g/mol. The molecule has 0 radical (unpaired) electrons. The Morgan fingerprint density at radius 2 is 2.31 bits per heavy atom. The molecule has 16 heavy (non-hydrogen) atoms. The van der Waals surface area contributed by atoms with Gasteiger partial charge < -0.3 is 9.55 Å². The van der Waals surface area contributed by atoms with Crippen LogP contribution >= 0.6 is 12.2 Å². The molecule has 1 aromatic heterocycles. The van der Waals surface area contributed by atoms with E-state index in [0.717, 1.165) is 23.5 Å². The van der Waals surface area contributed by atoms with Crippen molar-refractivity contribution in [1.29, 1.82) is 0 Å². The molecular weight excluding hydrogens is 223 g/mol. The minimum Gasteiger partial charge on any atom is -0.331 e. The highest BCUT2D eigenvalue weighted by Gasteiger charge is 2.33. The van der Waals surface area contributed by atoms with Crippen molar-refractivity contribution in [1.82, 2.24) is 9.55 Å². The van der Waals surface area contributed by atoms with Crippen LogP contribution in [-0.2, 0) is 6.54 Å². The van der Waals surface area contributed by atoms with Gasteiger partial charge in [0.25, 0.3) is 0 Å². The minimum atomic E-state index is -0.209. The summed E-state index contributed by atoms with van der Waals surface area (Å²) in [5.74, 6) is 1.27. The Morgan fingerprint density at radius 3 is 3.00 bits per heavy atom. The Labute approximate surface area is 98.1 Å². The fourth-order valence-electron chi connectivity index (χ4n) is 2.20. The molecule has 2 unspecified atom stereocenters. The van der Waals surface area contributed by atoms with Gasteiger partial charge in [0, 0.05) is 6.54 Å². The van der Waals surface area contributed by atoms with Crippen LogP contribution in [0.1, 0.15) is 13.3 Å². The molecule has 2 atom stereocenters. The van der Waals surface area contributed by atoms with E-state index in [9.17, 15) is 4.39 Å². The number of fused-ring (bicyclic) bond motifs is 1. The van der Waals surface area contributed by atoms with Crippen LogP contribution in [0.4, 0.5) is 4.39 Å². The second-order valence-electron chi connectivity index (χ2n) is 4.68. The highest BCUT2D eigenvalue weighted by atomic mass is 32.1. The molecule has 1 aliphatic carbocycles. The largest absolute Gasteiger partial charge is 0.331 e. The van der Waals surface area contributed by atoms with Crippen molar-refractivity contribution in [3.8, 4) is 0 Å². The maximum Gasteiger partial charge on any atom is 0.178 e. The molecule has 1 N–H and O–H groups in total. The van der Waals surface area contributed by atoms with Crippen LogP contribution in [0.5, 0.6) is 0 Å². The molecule has 1 aliphatic rings. The van der Waals surface area contributed by atoms with Crippen molar-refractivity contribution < 1.29 is 4.39 Å². The van der Waals surface area contributed by atoms with E-state index < -0.39 is 0 Å². The smallest absolute Gasteiger partial charge is 0.178 e. The molecular formula is C12H13FN2S. The van der Waals surface area contributed by atoms with Crippen LogP contribution in [0.15, 0.2) is 18.2 Å². The van der Waals surface area contributed by atoms with E-state index in [1.54, 1.807) is 12.1 Å². The molecule has 4 heteroatoms. The predicted molar refractivity (Wildman–Crippen MR) is 64.4 cm³/mol. The molecule has 0 saturated heterocycles. The number of nitrogens with zero attached hydrogens (tertiary/aromatic N) is 1. The fourth-order valence-corrected chi connectivity index (χ4v) is 2.48. The van der Waals surface area contributed by atoms with Gasteiger partial charge >= 0.3 is 0 Å². The number of imidazole rings is 1. The first kappa shape index (κ1) is 10.0. The quantitative estimate of drug-likeness (QED) is 0.791. The summed E-state index contributed by atoms with van der Waals surface area (Å²) < 4.78 is 15.9. The Morgan fingerprint density at radius 1 is 1.56 bits per heavy atom. The Kier molecular flexibility index (Phi) is 2.14. The predicted octanol–water partition coefficient (Wildman–Crippen LogP) is 3.49. The van der Waals surface area contributed by atoms with Gasteiger partial charge in [-0.25, -0.2) is 4.39 Å². The molecule has 0 amide bonds. The number of aromatic amines is 1. The summed E-state index contributed by atoms with van der Waals surface area (Å²) in [5.41, 5.74) is 1.80. The minimum absolute atomic E-state index is 0.209. The summed E-state index contributed by atoms with van der Waals surface area (Å²) in [6.07, 6.45) is 1.25. The zero-order chi connectivity index (χ0) is 11.3. The van der Waals surface area contributed by atoms with Crippen LogP contribution in [0.2, 0.25) is 0 Å². The van der Waals surface area contributed by atoms with Gasteiger partial charge in [0.05, 0.1) is 11.0 Å².